The lowest BCUT2D eigenvalue weighted by Crippen LogP contribution is -2.31. The van der Waals surface area contributed by atoms with Crippen molar-refractivity contribution in [3.63, 3.8) is 0 Å². The normalized spacial score (nSPS) is 19.9. The summed E-state index contributed by atoms with van der Waals surface area (Å²) in [5.41, 5.74) is 1.27. The fourth-order valence-electron chi connectivity index (χ4n) is 4.90. The molecular weight excluding hydrogens is 498 g/mol. The molecule has 39 heavy (non-hydrogen) atoms. The third kappa shape index (κ3) is 5.27. The molecule has 5 rings (SSSR count). The summed E-state index contributed by atoms with van der Waals surface area (Å²) in [6, 6.07) is 20.4. The van der Waals surface area contributed by atoms with E-state index in [1.54, 1.807) is 30.3 Å². The van der Waals surface area contributed by atoms with Crippen LogP contribution in [0.5, 0.6) is 5.75 Å². The molecule has 1 aliphatic heterocycles. The highest BCUT2D eigenvalue weighted by Crippen LogP contribution is 2.40. The number of ether oxygens (including phenoxy) is 2. The van der Waals surface area contributed by atoms with Crippen molar-refractivity contribution >= 4 is 35.2 Å². The van der Waals surface area contributed by atoms with Crippen molar-refractivity contribution in [2.45, 2.75) is 13.3 Å². The number of carbonyl (C=O) groups is 5. The molecule has 0 saturated carbocycles. The summed E-state index contributed by atoms with van der Waals surface area (Å²) in [6.45, 7) is 1.44. The van der Waals surface area contributed by atoms with Crippen molar-refractivity contribution in [1.29, 1.82) is 0 Å². The maximum absolute atomic E-state index is 12.9. The van der Waals surface area contributed by atoms with Crippen molar-refractivity contribution in [1.82, 2.24) is 0 Å². The van der Waals surface area contributed by atoms with E-state index in [0.717, 1.165) is 0 Å². The van der Waals surface area contributed by atoms with Gasteiger partial charge in [0.15, 0.2) is 12.4 Å². The van der Waals surface area contributed by atoms with Crippen molar-refractivity contribution in [3.05, 3.63) is 108 Å². The zero-order valence-corrected chi connectivity index (χ0v) is 21.1. The SMILES string of the molecule is CC1C=CCC2C(=O)N(c3ccc(C(=O)OCC(=O)c4ccc(OC(=O)c5ccccc5)cc4)cc3)C(=O)C12. The third-order valence-corrected chi connectivity index (χ3v) is 6.96. The number of allylic oxidation sites excluding steroid dienone is 2. The van der Waals surface area contributed by atoms with E-state index in [0.29, 0.717) is 17.7 Å². The zero-order chi connectivity index (χ0) is 27.5. The molecule has 0 N–H and O–H groups in total. The van der Waals surface area contributed by atoms with Crippen LogP contribution in [0.2, 0.25) is 0 Å². The molecule has 196 valence electrons. The Bertz CT molecular complexity index is 1460. The van der Waals surface area contributed by atoms with Crippen LogP contribution in [0.3, 0.4) is 0 Å². The van der Waals surface area contributed by atoms with Gasteiger partial charge in [0.05, 0.1) is 28.7 Å². The monoisotopic (exact) mass is 523 g/mol. The molecule has 2 aliphatic rings. The topological polar surface area (TPSA) is 107 Å². The Morgan fingerprint density at radius 1 is 0.795 bits per heavy atom. The molecule has 3 aromatic carbocycles. The molecule has 0 aromatic heterocycles. The lowest BCUT2D eigenvalue weighted by atomic mass is 9.78. The first-order valence-electron chi connectivity index (χ1n) is 12.6. The van der Waals surface area contributed by atoms with Crippen LogP contribution in [0, 0.1) is 17.8 Å². The second-order valence-corrected chi connectivity index (χ2v) is 9.49. The molecular formula is C31H25NO7. The molecule has 0 bridgehead atoms. The number of amides is 2. The van der Waals surface area contributed by atoms with E-state index in [-0.39, 0.29) is 46.4 Å². The number of benzene rings is 3. The molecule has 2 amide bonds. The minimum atomic E-state index is -0.714. The van der Waals surface area contributed by atoms with Crippen molar-refractivity contribution in [2.75, 3.05) is 11.5 Å². The zero-order valence-electron chi connectivity index (χ0n) is 21.1. The first-order valence-corrected chi connectivity index (χ1v) is 12.6. The number of fused-ring (bicyclic) bond motifs is 1. The molecule has 8 heteroatoms. The van der Waals surface area contributed by atoms with Gasteiger partial charge >= 0.3 is 11.9 Å². The highest BCUT2D eigenvalue weighted by molar-refractivity contribution is 6.22. The standard InChI is InChI=1S/C31H25NO7/c1-19-6-5-9-25-27(19)29(35)32(28(25)34)23-14-10-22(11-15-23)30(36)38-18-26(33)20-12-16-24(17-13-20)39-31(37)21-7-3-2-4-8-21/h2-8,10-17,19,25,27H,9,18H2,1H3. The Balaban J connectivity index is 1.16. The Labute approximate surface area is 224 Å². The fraction of sp³-hybridized carbons (Fsp3) is 0.194. The molecule has 3 atom stereocenters. The Kier molecular flexibility index (Phi) is 7.19. The molecule has 1 heterocycles. The number of ketones is 1. The van der Waals surface area contributed by atoms with Crippen molar-refractivity contribution < 1.29 is 33.4 Å². The van der Waals surface area contributed by atoms with E-state index in [9.17, 15) is 24.0 Å². The van der Waals surface area contributed by atoms with Crippen molar-refractivity contribution in [2.24, 2.45) is 17.8 Å². The summed E-state index contributed by atoms with van der Waals surface area (Å²) in [4.78, 5) is 64.2. The van der Waals surface area contributed by atoms with Crippen LogP contribution < -0.4 is 9.64 Å². The van der Waals surface area contributed by atoms with Gasteiger partial charge in [-0.05, 0) is 73.0 Å². The van der Waals surface area contributed by atoms with Gasteiger partial charge in [-0.3, -0.25) is 19.3 Å². The van der Waals surface area contributed by atoms with Crippen LogP contribution in [-0.4, -0.2) is 36.1 Å². The average molecular weight is 524 g/mol. The lowest BCUT2D eigenvalue weighted by molar-refractivity contribution is -0.122. The summed E-state index contributed by atoms with van der Waals surface area (Å²) in [5.74, 6) is -2.60. The number of esters is 2. The maximum atomic E-state index is 12.9. The fourth-order valence-corrected chi connectivity index (χ4v) is 4.90. The summed E-state index contributed by atoms with van der Waals surface area (Å²) in [6.07, 6.45) is 4.44. The van der Waals surface area contributed by atoms with E-state index in [2.05, 4.69) is 0 Å². The third-order valence-electron chi connectivity index (χ3n) is 6.96. The minimum absolute atomic E-state index is 0.0162. The largest absolute Gasteiger partial charge is 0.454 e. The van der Waals surface area contributed by atoms with Crippen LogP contribution in [0.25, 0.3) is 0 Å². The minimum Gasteiger partial charge on any atom is -0.454 e. The van der Waals surface area contributed by atoms with Gasteiger partial charge in [-0.15, -0.1) is 0 Å². The number of rotatable bonds is 7. The van der Waals surface area contributed by atoms with E-state index in [4.69, 9.17) is 9.47 Å². The van der Waals surface area contributed by atoms with Gasteiger partial charge in [0.25, 0.3) is 0 Å². The molecule has 1 fully saturated rings. The van der Waals surface area contributed by atoms with E-state index >= 15 is 0 Å². The number of nitrogens with zero attached hydrogens (tertiary/aromatic N) is 1. The smallest absolute Gasteiger partial charge is 0.343 e. The number of hydrogen-bond acceptors (Lipinski definition) is 7. The average Bonchev–Trinajstić information content (AvgIpc) is 3.22. The molecule has 0 radical (unpaired) electrons. The van der Waals surface area contributed by atoms with Crippen molar-refractivity contribution in [3.8, 4) is 5.75 Å². The van der Waals surface area contributed by atoms with Gasteiger partial charge in [0.1, 0.15) is 5.75 Å². The van der Waals surface area contributed by atoms with Gasteiger partial charge < -0.3 is 9.47 Å². The maximum Gasteiger partial charge on any atom is 0.343 e. The molecule has 0 spiro atoms. The molecule has 8 nitrogen and oxygen atoms in total. The Morgan fingerprint density at radius 3 is 2.10 bits per heavy atom. The quantitative estimate of drug-likeness (QED) is 0.146. The lowest BCUT2D eigenvalue weighted by Gasteiger charge is -2.22. The van der Waals surface area contributed by atoms with Gasteiger partial charge in [-0.1, -0.05) is 37.3 Å². The number of imide groups is 1. The van der Waals surface area contributed by atoms with Crippen LogP contribution >= 0.6 is 0 Å². The number of carbonyl (C=O) groups excluding carboxylic acids is 5. The molecule has 3 unspecified atom stereocenters. The van der Waals surface area contributed by atoms with Crippen LogP contribution in [0.1, 0.15) is 44.4 Å². The van der Waals surface area contributed by atoms with Crippen LogP contribution in [0.4, 0.5) is 5.69 Å². The van der Waals surface area contributed by atoms with Gasteiger partial charge in [-0.2, -0.15) is 0 Å². The predicted molar refractivity (Wildman–Crippen MR) is 141 cm³/mol. The highest BCUT2D eigenvalue weighted by Gasteiger charge is 2.50. The van der Waals surface area contributed by atoms with Gasteiger partial charge in [-0.25, -0.2) is 9.59 Å². The first-order chi connectivity index (χ1) is 18.8. The number of anilines is 1. The molecule has 3 aromatic rings. The van der Waals surface area contributed by atoms with E-state index < -0.39 is 24.3 Å². The second-order valence-electron chi connectivity index (χ2n) is 9.49. The van der Waals surface area contributed by atoms with Crippen LogP contribution in [0.15, 0.2) is 91.0 Å². The summed E-state index contributed by atoms with van der Waals surface area (Å²) in [5, 5.41) is 0. The van der Waals surface area contributed by atoms with Gasteiger partial charge in [0.2, 0.25) is 11.8 Å². The Hall–Kier alpha value is -4.85. The molecule has 1 aliphatic carbocycles. The predicted octanol–water partition coefficient (Wildman–Crippen LogP) is 4.65. The van der Waals surface area contributed by atoms with Gasteiger partial charge in [0, 0.05) is 5.56 Å². The molecule has 1 saturated heterocycles. The second kappa shape index (κ2) is 10.9. The number of hydrogen-bond donors (Lipinski definition) is 0. The first kappa shape index (κ1) is 25.8. The van der Waals surface area contributed by atoms with E-state index in [1.807, 2.05) is 19.1 Å². The highest BCUT2D eigenvalue weighted by atomic mass is 16.5. The summed E-state index contributed by atoms with van der Waals surface area (Å²) in [7, 11) is 0. The van der Waals surface area contributed by atoms with Crippen LogP contribution in [-0.2, 0) is 14.3 Å². The van der Waals surface area contributed by atoms with E-state index in [1.165, 1.54) is 53.4 Å². The number of Topliss-reactive ketones (excluding diaryl/α,β-unsaturated/α-hetero) is 1. The summed E-state index contributed by atoms with van der Waals surface area (Å²) >= 11 is 0. The Morgan fingerprint density at radius 2 is 1.44 bits per heavy atom. The summed E-state index contributed by atoms with van der Waals surface area (Å²) < 4.78 is 10.5.